The van der Waals surface area contributed by atoms with Gasteiger partial charge in [-0.2, -0.15) is 17.9 Å². The molecule has 15 heteroatoms. The molecule has 2 amide bonds. The number of amidine groups is 1. The number of alkyl halides is 3. The zero-order valence-electron chi connectivity index (χ0n) is 28.0. The van der Waals surface area contributed by atoms with Crippen LogP contribution in [-0.2, 0) is 36.9 Å². The number of pyridine rings is 1. The van der Waals surface area contributed by atoms with Crippen LogP contribution < -0.4 is 27.6 Å². The number of hydrogen-bond donors (Lipinski definition) is 6. The Morgan fingerprint density at radius 3 is 2.30 bits per heavy atom. The third-order valence-electron chi connectivity index (χ3n) is 8.17. The third-order valence-corrected chi connectivity index (χ3v) is 8.70. The van der Waals surface area contributed by atoms with E-state index in [4.69, 9.17) is 40.1 Å². The van der Waals surface area contributed by atoms with Crippen LogP contribution in [0.15, 0.2) is 102 Å². The van der Waals surface area contributed by atoms with E-state index in [0.29, 0.717) is 17.0 Å². The first kappa shape index (κ1) is 38.4. The topological polar surface area (TPSA) is 172 Å². The molecule has 1 heterocycles. The SMILES string of the molecule is N=C(N)c1ccc(CNC(=O)Cc2c(-c3cc(N)cc(C(=O)NCc4ccccc4C(F)(F)F)c3)c(Cl)cc(=NCCc3cccc(Cl)c3)n2O)cc1. The second kappa shape index (κ2) is 16.7. The molecule has 0 atom stereocenters. The Kier molecular flexibility index (Phi) is 12.1. The van der Waals surface area contributed by atoms with Crippen molar-refractivity contribution in [3.8, 4) is 11.1 Å². The predicted octanol–water partition coefficient (Wildman–Crippen LogP) is 6.52. The summed E-state index contributed by atoms with van der Waals surface area (Å²) in [7, 11) is 0. The highest BCUT2D eigenvalue weighted by Crippen LogP contribution is 2.34. The van der Waals surface area contributed by atoms with Crippen LogP contribution in [0.4, 0.5) is 18.9 Å². The Bertz CT molecular complexity index is 2240. The number of aromatic nitrogens is 1. The van der Waals surface area contributed by atoms with Gasteiger partial charge in [0.1, 0.15) is 5.84 Å². The van der Waals surface area contributed by atoms with E-state index >= 15 is 0 Å². The van der Waals surface area contributed by atoms with Gasteiger partial charge in [-0.3, -0.25) is 20.0 Å². The molecule has 0 saturated carbocycles. The van der Waals surface area contributed by atoms with Crippen LogP contribution in [0, 0.1) is 5.41 Å². The van der Waals surface area contributed by atoms with Crippen molar-refractivity contribution in [3.63, 3.8) is 0 Å². The molecule has 4 aromatic carbocycles. The standard InChI is InChI=1S/C38H34Cl2F3N7O3/c39-28-6-3-4-22(14-28)12-13-47-33-18-31(40)35(32(50(33)53)19-34(51)48-20-23-8-10-24(11-9-23)36(45)46)26-15-27(17-29(44)16-26)37(52)49-21-25-5-1-2-7-30(25)38(41,42)43/h1-11,14-18,53H,12-13,19-21,44H2,(H3,45,46)(H,48,51)(H,49,52). The Balaban J connectivity index is 1.47. The summed E-state index contributed by atoms with van der Waals surface area (Å²) in [5, 5.41) is 25.0. The molecule has 274 valence electrons. The number of amides is 2. The quantitative estimate of drug-likeness (QED) is 0.0367. The average molecular weight is 765 g/mol. The number of carbonyl (C=O) groups is 2. The fourth-order valence-corrected chi connectivity index (χ4v) is 6.10. The van der Waals surface area contributed by atoms with Crippen molar-refractivity contribution in [1.29, 1.82) is 5.41 Å². The van der Waals surface area contributed by atoms with Crippen LogP contribution >= 0.6 is 23.2 Å². The lowest BCUT2D eigenvalue weighted by molar-refractivity contribution is -0.138. The first-order valence-corrected chi connectivity index (χ1v) is 16.9. The van der Waals surface area contributed by atoms with Gasteiger partial charge in [0.25, 0.3) is 5.91 Å². The lowest BCUT2D eigenvalue weighted by atomic mass is 9.98. The Hall–Kier alpha value is -5.79. The number of halogens is 5. The molecule has 0 spiro atoms. The summed E-state index contributed by atoms with van der Waals surface area (Å²) in [6.07, 6.45) is -4.52. The first-order chi connectivity index (χ1) is 25.2. The van der Waals surface area contributed by atoms with E-state index in [1.807, 2.05) is 12.1 Å². The summed E-state index contributed by atoms with van der Waals surface area (Å²) in [6.45, 7) is -0.0574. The number of benzene rings is 4. The van der Waals surface area contributed by atoms with Gasteiger partial charge in [0.2, 0.25) is 5.91 Å². The number of nitrogen functional groups attached to an aromatic ring is 2. The monoisotopic (exact) mass is 763 g/mol. The van der Waals surface area contributed by atoms with Crippen molar-refractivity contribution in [2.45, 2.75) is 32.1 Å². The number of nitrogens with zero attached hydrogens (tertiary/aromatic N) is 2. The molecule has 0 bridgehead atoms. The van der Waals surface area contributed by atoms with Crippen molar-refractivity contribution in [3.05, 3.63) is 152 Å². The van der Waals surface area contributed by atoms with Gasteiger partial charge in [0.05, 0.1) is 22.7 Å². The molecule has 5 rings (SSSR count). The lowest BCUT2D eigenvalue weighted by Crippen LogP contribution is -2.30. The predicted molar refractivity (Wildman–Crippen MR) is 198 cm³/mol. The van der Waals surface area contributed by atoms with Gasteiger partial charge in [-0.15, -0.1) is 0 Å². The minimum Gasteiger partial charge on any atom is -0.427 e. The van der Waals surface area contributed by atoms with Crippen molar-refractivity contribution < 1.29 is 28.0 Å². The summed E-state index contributed by atoms with van der Waals surface area (Å²) < 4.78 is 41.4. The zero-order valence-corrected chi connectivity index (χ0v) is 29.5. The van der Waals surface area contributed by atoms with Crippen LogP contribution in [-0.4, -0.2) is 34.1 Å². The molecule has 0 radical (unpaired) electrons. The molecule has 0 aliphatic carbocycles. The van der Waals surface area contributed by atoms with Gasteiger partial charge < -0.3 is 27.3 Å². The smallest absolute Gasteiger partial charge is 0.416 e. The molecule has 10 nitrogen and oxygen atoms in total. The van der Waals surface area contributed by atoms with E-state index in [-0.39, 0.29) is 69.5 Å². The van der Waals surface area contributed by atoms with Crippen LogP contribution in [0.25, 0.3) is 11.1 Å². The van der Waals surface area contributed by atoms with E-state index in [1.165, 1.54) is 42.5 Å². The molecule has 1 aromatic heterocycles. The van der Waals surface area contributed by atoms with Crippen LogP contribution in [0.3, 0.4) is 0 Å². The number of hydrogen-bond acceptors (Lipinski definition) is 6. The third kappa shape index (κ3) is 9.96. The highest BCUT2D eigenvalue weighted by atomic mass is 35.5. The normalized spacial score (nSPS) is 11.7. The van der Waals surface area contributed by atoms with Gasteiger partial charge in [0.15, 0.2) is 5.49 Å². The molecule has 5 aromatic rings. The van der Waals surface area contributed by atoms with E-state index in [2.05, 4.69) is 15.6 Å². The Morgan fingerprint density at radius 1 is 0.868 bits per heavy atom. The fourth-order valence-electron chi connectivity index (χ4n) is 5.57. The molecule has 8 N–H and O–H groups in total. The van der Waals surface area contributed by atoms with Crippen molar-refractivity contribution in [1.82, 2.24) is 15.4 Å². The number of anilines is 1. The van der Waals surface area contributed by atoms with E-state index < -0.39 is 30.1 Å². The van der Waals surface area contributed by atoms with Gasteiger partial charge in [-0.25, -0.2) is 0 Å². The highest BCUT2D eigenvalue weighted by Gasteiger charge is 2.33. The Labute approximate surface area is 312 Å². The first-order valence-electron chi connectivity index (χ1n) is 16.1. The van der Waals surface area contributed by atoms with E-state index in [0.717, 1.165) is 21.9 Å². The summed E-state index contributed by atoms with van der Waals surface area (Å²) >= 11 is 12.9. The number of rotatable bonds is 12. The number of nitrogens with two attached hydrogens (primary N) is 2. The van der Waals surface area contributed by atoms with Gasteiger partial charge >= 0.3 is 6.18 Å². The van der Waals surface area contributed by atoms with Crippen LogP contribution in [0.1, 0.15) is 43.9 Å². The van der Waals surface area contributed by atoms with Crippen molar-refractivity contribution >= 4 is 46.5 Å². The second-order valence-corrected chi connectivity index (χ2v) is 12.8. The van der Waals surface area contributed by atoms with Gasteiger partial charge in [-0.05, 0) is 65.1 Å². The molecular weight excluding hydrogens is 730 g/mol. The largest absolute Gasteiger partial charge is 0.427 e. The molecule has 0 aliphatic rings. The maximum absolute atomic E-state index is 13.5. The molecule has 0 saturated heterocycles. The van der Waals surface area contributed by atoms with Crippen LogP contribution in [0.2, 0.25) is 10.0 Å². The summed E-state index contributed by atoms with van der Waals surface area (Å²) in [5.74, 6) is -1.31. The molecule has 0 aliphatic heterocycles. The van der Waals surface area contributed by atoms with Crippen molar-refractivity contribution in [2.75, 3.05) is 12.3 Å². The van der Waals surface area contributed by atoms with E-state index in [9.17, 15) is 28.0 Å². The summed E-state index contributed by atoms with van der Waals surface area (Å²) in [6, 6.07) is 24.5. The van der Waals surface area contributed by atoms with Crippen molar-refractivity contribution in [2.24, 2.45) is 10.7 Å². The van der Waals surface area contributed by atoms with Gasteiger partial charge in [-0.1, -0.05) is 77.8 Å². The van der Waals surface area contributed by atoms with Gasteiger partial charge in [0, 0.05) is 53.1 Å². The summed E-state index contributed by atoms with van der Waals surface area (Å²) in [5.41, 5.74) is 13.5. The molecule has 0 fully saturated rings. The number of nitrogens with one attached hydrogen (secondary N) is 3. The van der Waals surface area contributed by atoms with Crippen LogP contribution in [0.5, 0.6) is 0 Å². The number of carbonyl (C=O) groups excluding carboxylic acids is 2. The maximum atomic E-state index is 13.5. The highest BCUT2D eigenvalue weighted by molar-refractivity contribution is 6.33. The Morgan fingerprint density at radius 2 is 1.60 bits per heavy atom. The van der Waals surface area contributed by atoms with E-state index in [1.54, 1.807) is 36.4 Å². The zero-order chi connectivity index (χ0) is 38.3. The molecule has 53 heavy (non-hydrogen) atoms. The second-order valence-electron chi connectivity index (χ2n) is 12.0. The maximum Gasteiger partial charge on any atom is 0.416 e. The fraction of sp³-hybridized carbons (Fsp3) is 0.158. The minimum absolute atomic E-state index is 0.00439. The molecule has 0 unspecified atom stereocenters. The minimum atomic E-state index is -4.61. The molecular formula is C38H34Cl2F3N7O3. The lowest BCUT2D eigenvalue weighted by Gasteiger charge is -2.17. The summed E-state index contributed by atoms with van der Waals surface area (Å²) in [4.78, 5) is 31.2. The average Bonchev–Trinajstić information content (AvgIpc) is 3.11.